The largest absolute Gasteiger partial charge is 0.310 e. The summed E-state index contributed by atoms with van der Waals surface area (Å²) >= 11 is 0. The summed E-state index contributed by atoms with van der Waals surface area (Å²) in [5.41, 5.74) is 14.7. The summed E-state index contributed by atoms with van der Waals surface area (Å²) in [5, 5.41) is 7.09. The summed E-state index contributed by atoms with van der Waals surface area (Å²) in [7, 11) is 0. The first-order valence-electron chi connectivity index (χ1n) is 18.6. The second-order valence-electron chi connectivity index (χ2n) is 14.4. The zero-order valence-electron chi connectivity index (χ0n) is 30.8. The van der Waals surface area contributed by atoms with Gasteiger partial charge >= 0.3 is 0 Å². The number of rotatable bonds is 5. The van der Waals surface area contributed by atoms with Gasteiger partial charge in [-0.1, -0.05) is 120 Å². The molecule has 0 radical (unpaired) electrons. The number of hydrogen-bond donors (Lipinski definition) is 0. The Morgan fingerprint density at radius 2 is 1.17 bits per heavy atom. The van der Waals surface area contributed by atoms with Crippen LogP contribution >= 0.6 is 0 Å². The molecular formula is C50H38N4. The predicted octanol–water partition coefficient (Wildman–Crippen LogP) is 13.1. The summed E-state index contributed by atoms with van der Waals surface area (Å²) in [6.07, 6.45) is 4.32. The topological polar surface area (TPSA) is 35.6 Å². The Balaban J connectivity index is 1.27. The van der Waals surface area contributed by atoms with Crippen molar-refractivity contribution in [1.82, 2.24) is 19.1 Å². The van der Waals surface area contributed by atoms with Crippen LogP contribution in [0, 0.1) is 20.8 Å². The highest BCUT2D eigenvalue weighted by atomic mass is 15.2. The van der Waals surface area contributed by atoms with Crippen molar-refractivity contribution in [2.75, 3.05) is 0 Å². The minimum absolute atomic E-state index is 0.657. The minimum Gasteiger partial charge on any atom is -0.310 e. The highest BCUT2D eigenvalue weighted by Crippen LogP contribution is 2.42. The van der Waals surface area contributed by atoms with Crippen LogP contribution in [0.15, 0.2) is 152 Å². The van der Waals surface area contributed by atoms with Crippen molar-refractivity contribution in [3.05, 3.63) is 174 Å². The molecule has 0 fully saturated rings. The molecule has 4 heteroatoms. The zero-order valence-corrected chi connectivity index (χ0v) is 30.8. The maximum Gasteiger partial charge on any atom is 0.235 e. The van der Waals surface area contributed by atoms with E-state index in [0.29, 0.717) is 5.95 Å². The lowest BCUT2D eigenvalue weighted by atomic mass is 9.93. The normalized spacial score (nSPS) is 12.0. The minimum atomic E-state index is 0.657. The van der Waals surface area contributed by atoms with Gasteiger partial charge in [-0.05, 0) is 104 Å². The quantitative estimate of drug-likeness (QED) is 0.180. The second kappa shape index (κ2) is 12.4. The summed E-state index contributed by atoms with van der Waals surface area (Å²) in [6.45, 7) is 8.65. The molecule has 258 valence electrons. The SMILES string of the molecule is C/C=C\c1c(C)c2cc(-c3nc(-n4c5ccccc5c5c6ccccc6c(-c6cc(C)cc(C)c6)cc54)nc4ccccc34)ccc2n1-c1ccccc1. The van der Waals surface area contributed by atoms with E-state index in [4.69, 9.17) is 9.97 Å². The van der Waals surface area contributed by atoms with Crippen LogP contribution < -0.4 is 0 Å². The summed E-state index contributed by atoms with van der Waals surface area (Å²) in [4.78, 5) is 10.8. The van der Waals surface area contributed by atoms with E-state index in [9.17, 15) is 0 Å². The fraction of sp³-hybridized carbons (Fsp3) is 0.0800. The number of fused-ring (bicyclic) bond motifs is 7. The molecule has 7 aromatic carbocycles. The molecule has 0 aliphatic carbocycles. The third kappa shape index (κ3) is 4.91. The monoisotopic (exact) mass is 694 g/mol. The number of hydrogen-bond acceptors (Lipinski definition) is 2. The molecule has 3 aromatic heterocycles. The van der Waals surface area contributed by atoms with Crippen LogP contribution in [0.5, 0.6) is 0 Å². The zero-order chi connectivity index (χ0) is 36.5. The highest BCUT2D eigenvalue weighted by Gasteiger charge is 2.22. The smallest absolute Gasteiger partial charge is 0.235 e. The lowest BCUT2D eigenvalue weighted by Gasteiger charge is -2.14. The fourth-order valence-electron chi connectivity index (χ4n) is 8.63. The predicted molar refractivity (Wildman–Crippen MR) is 228 cm³/mol. The van der Waals surface area contributed by atoms with Gasteiger partial charge < -0.3 is 4.57 Å². The number of allylic oxidation sites excluding steroid dienone is 1. The highest BCUT2D eigenvalue weighted by molar-refractivity contribution is 6.24. The molecule has 0 aliphatic rings. The van der Waals surface area contributed by atoms with Gasteiger partial charge in [0.15, 0.2) is 0 Å². The lowest BCUT2D eigenvalue weighted by Crippen LogP contribution is -2.03. The van der Waals surface area contributed by atoms with E-state index < -0.39 is 0 Å². The number of para-hydroxylation sites is 3. The molecule has 0 spiro atoms. The van der Waals surface area contributed by atoms with Crippen LogP contribution in [0.25, 0.3) is 94.5 Å². The number of nitrogens with zero attached hydrogens (tertiary/aromatic N) is 4. The fourth-order valence-corrected chi connectivity index (χ4v) is 8.63. The molecule has 3 heterocycles. The van der Waals surface area contributed by atoms with E-state index in [1.54, 1.807) is 0 Å². The Kier molecular flexibility index (Phi) is 7.34. The van der Waals surface area contributed by atoms with Crippen molar-refractivity contribution in [2.24, 2.45) is 0 Å². The van der Waals surface area contributed by atoms with Crippen molar-refractivity contribution in [1.29, 1.82) is 0 Å². The van der Waals surface area contributed by atoms with Gasteiger partial charge in [0.2, 0.25) is 5.95 Å². The van der Waals surface area contributed by atoms with Gasteiger partial charge in [0, 0.05) is 38.5 Å². The van der Waals surface area contributed by atoms with Crippen LogP contribution in [-0.2, 0) is 0 Å². The Morgan fingerprint density at radius 1 is 0.500 bits per heavy atom. The Hall–Kier alpha value is -6.78. The van der Waals surface area contributed by atoms with Gasteiger partial charge in [-0.2, -0.15) is 0 Å². The number of aromatic nitrogens is 4. The molecule has 0 saturated carbocycles. The van der Waals surface area contributed by atoms with E-state index in [-0.39, 0.29) is 0 Å². The molecule has 0 aliphatic heterocycles. The van der Waals surface area contributed by atoms with Crippen LogP contribution in [0.4, 0.5) is 0 Å². The first-order chi connectivity index (χ1) is 26.5. The van der Waals surface area contributed by atoms with E-state index in [0.717, 1.165) is 38.9 Å². The number of benzene rings is 7. The maximum atomic E-state index is 5.52. The molecule has 0 atom stereocenters. The maximum absolute atomic E-state index is 5.52. The van der Waals surface area contributed by atoms with E-state index in [2.05, 4.69) is 195 Å². The van der Waals surface area contributed by atoms with Gasteiger partial charge in [-0.25, -0.2) is 9.97 Å². The van der Waals surface area contributed by atoms with Crippen LogP contribution in [-0.4, -0.2) is 19.1 Å². The second-order valence-corrected chi connectivity index (χ2v) is 14.4. The molecule has 0 amide bonds. The van der Waals surface area contributed by atoms with Crippen molar-refractivity contribution in [3.8, 4) is 34.0 Å². The first-order valence-corrected chi connectivity index (χ1v) is 18.6. The third-order valence-corrected chi connectivity index (χ3v) is 10.9. The van der Waals surface area contributed by atoms with Gasteiger partial charge in [0.25, 0.3) is 0 Å². The molecule has 54 heavy (non-hydrogen) atoms. The number of aryl methyl sites for hydroxylation is 3. The van der Waals surface area contributed by atoms with Crippen molar-refractivity contribution < 1.29 is 0 Å². The van der Waals surface area contributed by atoms with E-state index >= 15 is 0 Å². The molecule has 0 unspecified atom stereocenters. The molecule has 0 N–H and O–H groups in total. The van der Waals surface area contributed by atoms with E-state index in [1.165, 1.54) is 66.0 Å². The Labute approximate surface area is 314 Å². The summed E-state index contributed by atoms with van der Waals surface area (Å²) in [6, 6.07) is 52.4. The average Bonchev–Trinajstić information content (AvgIpc) is 3.68. The average molecular weight is 695 g/mol. The van der Waals surface area contributed by atoms with Gasteiger partial charge in [-0.15, -0.1) is 0 Å². The lowest BCUT2D eigenvalue weighted by molar-refractivity contribution is 1.01. The summed E-state index contributed by atoms with van der Waals surface area (Å²) < 4.78 is 4.63. The van der Waals surface area contributed by atoms with E-state index in [1.807, 2.05) is 0 Å². The Bertz CT molecular complexity index is 3120. The molecule has 4 nitrogen and oxygen atoms in total. The van der Waals surface area contributed by atoms with Crippen LogP contribution in [0.3, 0.4) is 0 Å². The molecular weight excluding hydrogens is 657 g/mol. The molecule has 0 bridgehead atoms. The summed E-state index contributed by atoms with van der Waals surface area (Å²) in [5.74, 6) is 0.657. The van der Waals surface area contributed by atoms with Crippen LogP contribution in [0.1, 0.15) is 29.3 Å². The van der Waals surface area contributed by atoms with Crippen molar-refractivity contribution in [2.45, 2.75) is 27.7 Å². The third-order valence-electron chi connectivity index (χ3n) is 10.9. The van der Waals surface area contributed by atoms with Gasteiger partial charge in [-0.3, -0.25) is 4.57 Å². The van der Waals surface area contributed by atoms with Gasteiger partial charge in [0.1, 0.15) is 0 Å². The standard InChI is InChI=1S/C50H38N4/c1-5-15-44-33(4)41-29-34(24-25-46(41)53(44)36-16-7-6-8-17-36)49-39-20-11-13-22-43(39)51-50(52-49)54-45-23-14-12-21-40(45)48-38-19-10-9-18-37(38)42(30-47(48)54)35-27-31(2)26-32(3)28-35/h5-30H,1-4H3/b15-5-. The van der Waals surface area contributed by atoms with Crippen molar-refractivity contribution in [3.63, 3.8) is 0 Å². The molecule has 0 saturated heterocycles. The van der Waals surface area contributed by atoms with Crippen molar-refractivity contribution >= 4 is 60.5 Å². The Morgan fingerprint density at radius 3 is 1.94 bits per heavy atom. The first kappa shape index (κ1) is 31.9. The molecule has 10 rings (SSSR count). The van der Waals surface area contributed by atoms with Crippen LogP contribution in [0.2, 0.25) is 0 Å². The van der Waals surface area contributed by atoms with Gasteiger partial charge in [0.05, 0.1) is 27.8 Å². The molecule has 10 aromatic rings.